The van der Waals surface area contributed by atoms with E-state index in [4.69, 9.17) is 19.9 Å². The molecule has 0 saturated carbocycles. The summed E-state index contributed by atoms with van der Waals surface area (Å²) in [6.07, 6.45) is -0.780. The first kappa shape index (κ1) is 15.3. The molecule has 3 N–H and O–H groups in total. The minimum absolute atomic E-state index is 0.00916. The first-order chi connectivity index (χ1) is 9.12. The number of methoxy groups -OCH3 is 1. The van der Waals surface area contributed by atoms with Gasteiger partial charge >= 0.3 is 5.97 Å². The maximum Gasteiger partial charge on any atom is 0.342 e. The third-order valence-electron chi connectivity index (χ3n) is 2.39. The summed E-state index contributed by atoms with van der Waals surface area (Å²) in [5.74, 6) is 0.347. The van der Waals surface area contributed by atoms with Gasteiger partial charge in [0.15, 0.2) is 0 Å². The molecule has 1 aromatic rings. The van der Waals surface area contributed by atoms with E-state index in [9.17, 15) is 9.90 Å². The van der Waals surface area contributed by atoms with Gasteiger partial charge < -0.3 is 25.1 Å². The van der Waals surface area contributed by atoms with E-state index in [1.807, 2.05) is 0 Å². The van der Waals surface area contributed by atoms with Crippen molar-refractivity contribution >= 4 is 5.97 Å². The zero-order chi connectivity index (χ0) is 14.3. The van der Waals surface area contributed by atoms with E-state index >= 15 is 0 Å². The van der Waals surface area contributed by atoms with Crippen LogP contribution >= 0.6 is 0 Å². The van der Waals surface area contributed by atoms with Crippen LogP contribution in [0.5, 0.6) is 11.5 Å². The number of esters is 1. The fourth-order valence-electron chi connectivity index (χ4n) is 1.38. The Kier molecular flexibility index (Phi) is 6.11. The van der Waals surface area contributed by atoms with Gasteiger partial charge in [0.05, 0.1) is 13.7 Å². The van der Waals surface area contributed by atoms with Crippen LogP contribution in [0.2, 0.25) is 0 Å². The van der Waals surface area contributed by atoms with Gasteiger partial charge in [0.1, 0.15) is 29.8 Å². The Hall–Kier alpha value is -1.79. The molecule has 6 heteroatoms. The summed E-state index contributed by atoms with van der Waals surface area (Å²) in [6.45, 7) is 2.08. The van der Waals surface area contributed by atoms with E-state index in [0.717, 1.165) is 0 Å². The largest absolute Gasteiger partial charge is 0.497 e. The van der Waals surface area contributed by atoms with Crippen molar-refractivity contribution in [3.05, 3.63) is 23.8 Å². The van der Waals surface area contributed by atoms with Crippen molar-refractivity contribution in [2.45, 2.75) is 13.0 Å². The summed E-state index contributed by atoms with van der Waals surface area (Å²) in [7, 11) is 1.50. The average Bonchev–Trinajstić information content (AvgIpc) is 2.44. The van der Waals surface area contributed by atoms with Crippen LogP contribution in [-0.2, 0) is 4.74 Å². The van der Waals surface area contributed by atoms with Gasteiger partial charge in [-0.1, -0.05) is 0 Å². The Morgan fingerprint density at radius 3 is 2.79 bits per heavy atom. The highest BCUT2D eigenvalue weighted by Crippen LogP contribution is 2.25. The molecule has 0 spiro atoms. The van der Waals surface area contributed by atoms with Crippen molar-refractivity contribution in [2.24, 2.45) is 5.73 Å². The lowest BCUT2D eigenvalue weighted by Crippen LogP contribution is -2.27. The van der Waals surface area contributed by atoms with E-state index in [1.165, 1.54) is 13.2 Å². The zero-order valence-corrected chi connectivity index (χ0v) is 11.1. The van der Waals surface area contributed by atoms with Gasteiger partial charge in [-0.3, -0.25) is 0 Å². The Morgan fingerprint density at radius 1 is 1.47 bits per heavy atom. The Bertz CT molecular complexity index is 421. The first-order valence-electron chi connectivity index (χ1n) is 5.98. The number of carbonyl (C=O) groups excluding carboxylic acids is 1. The third kappa shape index (κ3) is 4.42. The first-order valence-corrected chi connectivity index (χ1v) is 5.98. The molecule has 19 heavy (non-hydrogen) atoms. The molecule has 1 atom stereocenters. The van der Waals surface area contributed by atoms with Gasteiger partial charge in [0.25, 0.3) is 0 Å². The number of hydrogen-bond donors (Lipinski definition) is 2. The van der Waals surface area contributed by atoms with E-state index < -0.39 is 12.1 Å². The summed E-state index contributed by atoms with van der Waals surface area (Å²) in [4.78, 5) is 11.8. The molecule has 0 aliphatic heterocycles. The molecule has 106 valence electrons. The maximum absolute atomic E-state index is 11.8. The Morgan fingerprint density at radius 2 is 2.21 bits per heavy atom. The fraction of sp³-hybridized carbons (Fsp3) is 0.462. The molecule has 1 unspecified atom stereocenters. The highest BCUT2D eigenvalue weighted by molar-refractivity contribution is 5.93. The molecular weight excluding hydrogens is 250 g/mol. The van der Waals surface area contributed by atoms with Gasteiger partial charge in [-0.05, 0) is 25.1 Å². The second-order valence-corrected chi connectivity index (χ2v) is 3.78. The number of ether oxygens (including phenoxy) is 3. The van der Waals surface area contributed by atoms with Crippen molar-refractivity contribution in [2.75, 3.05) is 26.9 Å². The highest BCUT2D eigenvalue weighted by Gasteiger charge is 2.16. The van der Waals surface area contributed by atoms with Gasteiger partial charge in [0, 0.05) is 6.54 Å². The topological polar surface area (TPSA) is 91.0 Å². The van der Waals surface area contributed by atoms with Gasteiger partial charge in [0.2, 0.25) is 0 Å². The molecule has 0 aromatic heterocycles. The fourth-order valence-corrected chi connectivity index (χ4v) is 1.38. The number of rotatable bonds is 7. The Balaban J connectivity index is 2.91. The molecule has 1 aromatic carbocycles. The minimum atomic E-state index is -0.780. The van der Waals surface area contributed by atoms with Crippen molar-refractivity contribution in [1.29, 1.82) is 0 Å². The number of nitrogens with two attached hydrogens (primary N) is 1. The molecular formula is C13H19NO5. The molecule has 0 heterocycles. The lowest BCUT2D eigenvalue weighted by Gasteiger charge is -2.14. The summed E-state index contributed by atoms with van der Waals surface area (Å²) in [5, 5.41) is 9.36. The SMILES string of the molecule is CCOC(=O)c1cc(OC)ccc1OCC(O)CN. The van der Waals surface area contributed by atoms with Gasteiger partial charge in [-0.25, -0.2) is 4.79 Å². The predicted octanol–water partition coefficient (Wildman–Crippen LogP) is 0.570. The summed E-state index contributed by atoms with van der Waals surface area (Å²) in [6, 6.07) is 4.78. The van der Waals surface area contributed by atoms with Crippen LogP contribution in [0.3, 0.4) is 0 Å². The van der Waals surface area contributed by atoms with Crippen molar-refractivity contribution in [3.63, 3.8) is 0 Å². The molecule has 6 nitrogen and oxygen atoms in total. The average molecular weight is 269 g/mol. The lowest BCUT2D eigenvalue weighted by atomic mass is 10.2. The van der Waals surface area contributed by atoms with Crippen LogP contribution in [0.1, 0.15) is 17.3 Å². The van der Waals surface area contributed by atoms with E-state index in [0.29, 0.717) is 11.5 Å². The molecule has 0 fully saturated rings. The van der Waals surface area contributed by atoms with Crippen LogP contribution in [0.25, 0.3) is 0 Å². The third-order valence-corrected chi connectivity index (χ3v) is 2.39. The molecule has 1 rings (SSSR count). The number of aliphatic hydroxyl groups is 1. The summed E-state index contributed by atoms with van der Waals surface area (Å²) in [5.41, 5.74) is 5.54. The zero-order valence-electron chi connectivity index (χ0n) is 11.1. The number of hydrogen-bond acceptors (Lipinski definition) is 6. The van der Waals surface area contributed by atoms with E-state index in [1.54, 1.807) is 19.1 Å². The molecule has 0 aliphatic rings. The summed E-state index contributed by atoms with van der Waals surface area (Å²) >= 11 is 0. The number of aliphatic hydroxyl groups excluding tert-OH is 1. The molecule has 0 saturated heterocycles. The van der Waals surface area contributed by atoms with Crippen molar-refractivity contribution < 1.29 is 24.1 Å². The van der Waals surface area contributed by atoms with Crippen LogP contribution < -0.4 is 15.2 Å². The smallest absolute Gasteiger partial charge is 0.342 e. The van der Waals surface area contributed by atoms with Crippen LogP contribution in [0, 0.1) is 0 Å². The van der Waals surface area contributed by atoms with E-state index in [-0.39, 0.29) is 25.3 Å². The molecule has 0 bridgehead atoms. The second kappa shape index (κ2) is 7.60. The second-order valence-electron chi connectivity index (χ2n) is 3.78. The van der Waals surface area contributed by atoms with E-state index in [2.05, 4.69) is 0 Å². The standard InChI is InChI=1S/C13H19NO5/c1-3-18-13(16)11-6-10(17-2)4-5-12(11)19-8-9(15)7-14/h4-6,9,15H,3,7-8,14H2,1-2H3. The quantitative estimate of drug-likeness (QED) is 0.703. The lowest BCUT2D eigenvalue weighted by molar-refractivity contribution is 0.0516. The van der Waals surface area contributed by atoms with Crippen molar-refractivity contribution in [1.82, 2.24) is 0 Å². The predicted molar refractivity (Wildman–Crippen MR) is 69.5 cm³/mol. The van der Waals surface area contributed by atoms with Crippen molar-refractivity contribution in [3.8, 4) is 11.5 Å². The number of carbonyl (C=O) groups is 1. The monoisotopic (exact) mass is 269 g/mol. The highest BCUT2D eigenvalue weighted by atomic mass is 16.5. The molecule has 0 radical (unpaired) electrons. The van der Waals surface area contributed by atoms with Crippen LogP contribution in [-0.4, -0.2) is 44.0 Å². The molecule has 0 aliphatic carbocycles. The maximum atomic E-state index is 11.8. The Labute approximate surface area is 112 Å². The normalized spacial score (nSPS) is 11.8. The number of benzene rings is 1. The van der Waals surface area contributed by atoms with Crippen LogP contribution in [0.4, 0.5) is 0 Å². The molecule has 0 amide bonds. The summed E-state index contributed by atoms with van der Waals surface area (Å²) < 4.78 is 15.4. The van der Waals surface area contributed by atoms with Gasteiger partial charge in [-0.15, -0.1) is 0 Å². The minimum Gasteiger partial charge on any atom is -0.497 e. The van der Waals surface area contributed by atoms with Gasteiger partial charge in [-0.2, -0.15) is 0 Å². The van der Waals surface area contributed by atoms with Crippen LogP contribution in [0.15, 0.2) is 18.2 Å².